The Bertz CT molecular complexity index is 611. The number of halogens is 1. The van der Waals surface area contributed by atoms with E-state index in [1.807, 2.05) is 0 Å². The van der Waals surface area contributed by atoms with E-state index >= 15 is 0 Å². The number of carbonyl (C=O) groups is 1. The van der Waals surface area contributed by atoms with E-state index in [0.29, 0.717) is 11.3 Å². The number of hydrogen-bond donors (Lipinski definition) is 1. The molecular weight excluding hydrogens is 346 g/mol. The maximum absolute atomic E-state index is 12.1. The maximum Gasteiger partial charge on any atom is 0.255 e. The number of nitrogens with one attached hydrogen (secondary N) is 1. The second-order valence-electron chi connectivity index (χ2n) is 5.06. The summed E-state index contributed by atoms with van der Waals surface area (Å²) in [4.78, 5) is 12.1. The molecule has 0 unspecified atom stereocenters. The van der Waals surface area contributed by atoms with E-state index in [-0.39, 0.29) is 12.5 Å². The van der Waals surface area contributed by atoms with Crippen molar-refractivity contribution >= 4 is 31.7 Å². The molecule has 0 fully saturated rings. The highest BCUT2D eigenvalue weighted by atomic mass is 79.9. The fourth-order valence-corrected chi connectivity index (χ4v) is 2.05. The van der Waals surface area contributed by atoms with Crippen LogP contribution in [0.2, 0.25) is 0 Å². The van der Waals surface area contributed by atoms with Crippen molar-refractivity contribution in [2.75, 3.05) is 19.9 Å². The second kappa shape index (κ2) is 6.13. The lowest BCUT2D eigenvalue weighted by molar-refractivity contribution is 0.0947. The Morgan fingerprint density at radius 1 is 1.40 bits per heavy atom. The maximum atomic E-state index is 12.1. The van der Waals surface area contributed by atoms with Crippen molar-refractivity contribution in [3.63, 3.8) is 0 Å². The van der Waals surface area contributed by atoms with E-state index in [2.05, 4.69) is 21.2 Å². The van der Waals surface area contributed by atoms with Crippen molar-refractivity contribution in [1.82, 2.24) is 5.32 Å². The molecule has 1 rings (SSSR count). The van der Waals surface area contributed by atoms with Crippen molar-refractivity contribution in [3.05, 3.63) is 28.2 Å². The highest BCUT2D eigenvalue weighted by molar-refractivity contribution is 9.10. The van der Waals surface area contributed by atoms with Gasteiger partial charge in [-0.3, -0.25) is 4.79 Å². The number of amides is 1. The van der Waals surface area contributed by atoms with Gasteiger partial charge in [0.2, 0.25) is 0 Å². The number of sulfone groups is 1. The van der Waals surface area contributed by atoms with Gasteiger partial charge in [-0.1, -0.05) is 15.9 Å². The van der Waals surface area contributed by atoms with Gasteiger partial charge < -0.3 is 10.1 Å². The second-order valence-corrected chi connectivity index (χ2v) is 8.62. The molecule has 0 aliphatic carbocycles. The third kappa shape index (κ3) is 3.96. The Balaban J connectivity index is 2.88. The minimum absolute atomic E-state index is 0.0316. The molecule has 0 bridgehead atoms. The SMILES string of the molecule is COc1cc(Br)ccc1C(=O)NCC(C)(C)S(C)(=O)=O. The summed E-state index contributed by atoms with van der Waals surface area (Å²) in [7, 11) is -1.78. The van der Waals surface area contributed by atoms with Crippen LogP contribution in [0.1, 0.15) is 24.2 Å². The van der Waals surface area contributed by atoms with Crippen molar-refractivity contribution in [2.24, 2.45) is 0 Å². The van der Waals surface area contributed by atoms with Crippen LogP contribution in [0.15, 0.2) is 22.7 Å². The summed E-state index contributed by atoms with van der Waals surface area (Å²) < 4.78 is 28.1. The van der Waals surface area contributed by atoms with Gasteiger partial charge >= 0.3 is 0 Å². The third-order valence-corrected chi connectivity index (χ3v) is 5.73. The van der Waals surface area contributed by atoms with Gasteiger partial charge in [0, 0.05) is 17.3 Å². The fourth-order valence-electron chi connectivity index (χ4n) is 1.37. The third-order valence-electron chi connectivity index (χ3n) is 3.09. The minimum Gasteiger partial charge on any atom is -0.496 e. The predicted molar refractivity (Wildman–Crippen MR) is 82.0 cm³/mol. The van der Waals surface area contributed by atoms with Gasteiger partial charge in [0.15, 0.2) is 9.84 Å². The zero-order valence-corrected chi connectivity index (χ0v) is 14.3. The smallest absolute Gasteiger partial charge is 0.255 e. The Morgan fingerprint density at radius 3 is 2.50 bits per heavy atom. The molecule has 1 N–H and O–H groups in total. The molecule has 0 radical (unpaired) electrons. The lowest BCUT2D eigenvalue weighted by atomic mass is 10.1. The molecule has 1 aromatic rings. The Hall–Kier alpha value is -1.08. The van der Waals surface area contributed by atoms with Crippen molar-refractivity contribution in [2.45, 2.75) is 18.6 Å². The summed E-state index contributed by atoms with van der Waals surface area (Å²) in [6, 6.07) is 5.02. The van der Waals surface area contributed by atoms with Crippen LogP contribution in [0.4, 0.5) is 0 Å². The van der Waals surface area contributed by atoms with Gasteiger partial charge in [-0.15, -0.1) is 0 Å². The number of rotatable bonds is 5. The number of methoxy groups -OCH3 is 1. The molecule has 0 atom stereocenters. The molecule has 0 aliphatic heterocycles. The van der Waals surface area contributed by atoms with Crippen molar-refractivity contribution in [3.8, 4) is 5.75 Å². The molecule has 0 spiro atoms. The van der Waals surface area contributed by atoms with Crippen LogP contribution in [0.5, 0.6) is 5.75 Å². The van der Waals surface area contributed by atoms with Gasteiger partial charge in [0.1, 0.15) is 5.75 Å². The molecule has 0 aliphatic rings. The summed E-state index contributed by atoms with van der Waals surface area (Å²) in [5, 5.41) is 2.63. The summed E-state index contributed by atoms with van der Waals surface area (Å²) >= 11 is 3.29. The molecule has 1 aromatic carbocycles. The zero-order valence-electron chi connectivity index (χ0n) is 11.9. The summed E-state index contributed by atoms with van der Waals surface area (Å²) in [6.07, 6.45) is 1.15. The molecule has 0 heterocycles. The quantitative estimate of drug-likeness (QED) is 0.868. The van der Waals surface area contributed by atoms with Crippen LogP contribution in [0.3, 0.4) is 0 Å². The van der Waals surface area contributed by atoms with Gasteiger partial charge in [0.05, 0.1) is 17.4 Å². The van der Waals surface area contributed by atoms with Crippen molar-refractivity contribution in [1.29, 1.82) is 0 Å². The van der Waals surface area contributed by atoms with Crippen molar-refractivity contribution < 1.29 is 17.9 Å². The van der Waals surface area contributed by atoms with Gasteiger partial charge in [-0.2, -0.15) is 0 Å². The van der Waals surface area contributed by atoms with E-state index in [1.54, 1.807) is 32.0 Å². The number of hydrogen-bond acceptors (Lipinski definition) is 4. The average Bonchev–Trinajstić information content (AvgIpc) is 2.34. The molecule has 0 saturated carbocycles. The molecule has 20 heavy (non-hydrogen) atoms. The summed E-state index contributed by atoms with van der Waals surface area (Å²) in [5.74, 6) is 0.0557. The van der Waals surface area contributed by atoms with Crippen LogP contribution >= 0.6 is 15.9 Å². The molecular formula is C13H18BrNO4S. The van der Waals surface area contributed by atoms with Crippen LogP contribution in [0, 0.1) is 0 Å². The average molecular weight is 364 g/mol. The monoisotopic (exact) mass is 363 g/mol. The standard InChI is InChI=1S/C13H18BrNO4S/c1-13(2,20(4,17)18)8-15-12(16)10-6-5-9(14)7-11(10)19-3/h5-7H,8H2,1-4H3,(H,15,16). The van der Waals surface area contributed by atoms with Crippen LogP contribution in [0.25, 0.3) is 0 Å². The highest BCUT2D eigenvalue weighted by Crippen LogP contribution is 2.23. The topological polar surface area (TPSA) is 72.5 Å². The van der Waals surface area contributed by atoms with Crippen LogP contribution in [-0.4, -0.2) is 39.0 Å². The lowest BCUT2D eigenvalue weighted by Gasteiger charge is -2.23. The fraction of sp³-hybridized carbons (Fsp3) is 0.462. The van der Waals surface area contributed by atoms with Crippen LogP contribution in [-0.2, 0) is 9.84 Å². The molecule has 7 heteroatoms. The van der Waals surface area contributed by atoms with E-state index in [4.69, 9.17) is 4.74 Å². The lowest BCUT2D eigenvalue weighted by Crippen LogP contribution is -2.43. The summed E-state index contributed by atoms with van der Waals surface area (Å²) in [6.45, 7) is 3.17. The Kier molecular flexibility index (Phi) is 5.21. The molecule has 1 amide bonds. The molecule has 112 valence electrons. The van der Waals surface area contributed by atoms with E-state index in [1.165, 1.54) is 7.11 Å². The first-order valence-electron chi connectivity index (χ1n) is 5.90. The van der Waals surface area contributed by atoms with Gasteiger partial charge in [-0.05, 0) is 32.0 Å². The first-order chi connectivity index (χ1) is 9.08. The number of ether oxygens (including phenoxy) is 1. The Labute approximate surface area is 127 Å². The molecule has 5 nitrogen and oxygen atoms in total. The van der Waals surface area contributed by atoms with E-state index in [0.717, 1.165) is 10.7 Å². The highest BCUT2D eigenvalue weighted by Gasteiger charge is 2.30. The summed E-state index contributed by atoms with van der Waals surface area (Å²) in [5.41, 5.74) is 0.361. The predicted octanol–water partition coefficient (Wildman–Crippen LogP) is 2.01. The number of benzene rings is 1. The normalized spacial score (nSPS) is 12.1. The Morgan fingerprint density at radius 2 is 2.00 bits per heavy atom. The van der Waals surface area contributed by atoms with Gasteiger partial charge in [-0.25, -0.2) is 8.42 Å². The molecule has 0 saturated heterocycles. The van der Waals surface area contributed by atoms with Gasteiger partial charge in [0.25, 0.3) is 5.91 Å². The minimum atomic E-state index is -3.26. The van der Waals surface area contributed by atoms with Crippen LogP contribution < -0.4 is 10.1 Å². The van der Waals surface area contributed by atoms with E-state index in [9.17, 15) is 13.2 Å². The zero-order chi connectivity index (χ0) is 15.6. The first kappa shape index (κ1) is 17.0. The molecule has 0 aromatic heterocycles. The first-order valence-corrected chi connectivity index (χ1v) is 8.58. The number of carbonyl (C=O) groups excluding carboxylic acids is 1. The van der Waals surface area contributed by atoms with E-state index < -0.39 is 14.6 Å². The largest absolute Gasteiger partial charge is 0.496 e.